The van der Waals surface area contributed by atoms with E-state index in [4.69, 9.17) is 4.74 Å². The van der Waals surface area contributed by atoms with Gasteiger partial charge in [0.15, 0.2) is 0 Å². The van der Waals surface area contributed by atoms with E-state index in [0.29, 0.717) is 6.04 Å². The van der Waals surface area contributed by atoms with Gasteiger partial charge >= 0.3 is 0 Å². The van der Waals surface area contributed by atoms with Gasteiger partial charge in [-0.2, -0.15) is 0 Å². The lowest BCUT2D eigenvalue weighted by atomic mass is 9.79. The normalized spacial score (nSPS) is 23.1. The molecule has 0 bridgehead atoms. The molecule has 20 heavy (non-hydrogen) atoms. The van der Waals surface area contributed by atoms with Crippen LogP contribution in [0.25, 0.3) is 0 Å². The third kappa shape index (κ3) is 4.43. The lowest BCUT2D eigenvalue weighted by Crippen LogP contribution is -2.27. The molecule has 0 aliphatic heterocycles. The van der Waals surface area contributed by atoms with Crippen molar-refractivity contribution in [2.45, 2.75) is 65.5 Å². The number of ether oxygens (including phenoxy) is 1. The third-order valence-corrected chi connectivity index (χ3v) is 4.31. The van der Waals surface area contributed by atoms with Crippen LogP contribution in [0, 0.1) is 11.8 Å². The molecule has 1 aliphatic rings. The first-order valence-electron chi connectivity index (χ1n) is 8.08. The van der Waals surface area contributed by atoms with Gasteiger partial charge in [0.1, 0.15) is 5.75 Å². The summed E-state index contributed by atoms with van der Waals surface area (Å²) in [6.07, 6.45) is 5.56. The van der Waals surface area contributed by atoms with E-state index in [-0.39, 0.29) is 6.10 Å². The zero-order valence-corrected chi connectivity index (χ0v) is 13.4. The van der Waals surface area contributed by atoms with Crippen LogP contribution in [-0.4, -0.2) is 12.1 Å². The molecule has 0 saturated heterocycles. The number of nitrogens with one attached hydrogen (secondary N) is 1. The number of benzene rings is 1. The highest BCUT2D eigenvalue weighted by Gasteiger charge is 2.22. The lowest BCUT2D eigenvalue weighted by molar-refractivity contribution is 0.242. The van der Waals surface area contributed by atoms with E-state index in [1.165, 1.54) is 31.4 Å². The van der Waals surface area contributed by atoms with Crippen molar-refractivity contribution in [3.05, 3.63) is 24.3 Å². The maximum Gasteiger partial charge on any atom is 0.119 e. The van der Waals surface area contributed by atoms with Crippen molar-refractivity contribution in [2.75, 3.05) is 5.32 Å². The summed E-state index contributed by atoms with van der Waals surface area (Å²) >= 11 is 0. The Morgan fingerprint density at radius 2 is 1.55 bits per heavy atom. The van der Waals surface area contributed by atoms with Gasteiger partial charge in [-0.15, -0.1) is 0 Å². The third-order valence-electron chi connectivity index (χ3n) is 4.31. The van der Waals surface area contributed by atoms with E-state index in [2.05, 4.69) is 57.3 Å². The number of hydrogen-bond donors (Lipinski definition) is 1. The van der Waals surface area contributed by atoms with E-state index in [0.717, 1.165) is 17.6 Å². The first kappa shape index (κ1) is 15.2. The van der Waals surface area contributed by atoms with Gasteiger partial charge in [0.2, 0.25) is 0 Å². The zero-order chi connectivity index (χ0) is 14.5. The van der Waals surface area contributed by atoms with Gasteiger partial charge in [-0.3, -0.25) is 0 Å². The number of anilines is 1. The fourth-order valence-electron chi connectivity index (χ4n) is 3.07. The monoisotopic (exact) mass is 275 g/mol. The van der Waals surface area contributed by atoms with Crippen molar-refractivity contribution in [1.29, 1.82) is 0 Å². The maximum absolute atomic E-state index is 5.67. The Balaban J connectivity index is 1.82. The molecule has 1 aromatic carbocycles. The molecule has 1 aromatic rings. The van der Waals surface area contributed by atoms with Crippen LogP contribution in [0.1, 0.15) is 53.4 Å². The summed E-state index contributed by atoms with van der Waals surface area (Å²) in [7, 11) is 0. The highest BCUT2D eigenvalue weighted by Crippen LogP contribution is 2.31. The molecule has 1 aliphatic carbocycles. The van der Waals surface area contributed by atoms with Gasteiger partial charge in [-0.25, -0.2) is 0 Å². The molecule has 2 heteroatoms. The molecule has 0 amide bonds. The smallest absolute Gasteiger partial charge is 0.119 e. The van der Waals surface area contributed by atoms with Crippen LogP contribution in [0.15, 0.2) is 24.3 Å². The number of hydrogen-bond acceptors (Lipinski definition) is 2. The fraction of sp³-hybridized carbons (Fsp3) is 0.667. The Morgan fingerprint density at radius 1 is 0.950 bits per heavy atom. The van der Waals surface area contributed by atoms with Crippen molar-refractivity contribution in [3.63, 3.8) is 0 Å². The summed E-state index contributed by atoms with van der Waals surface area (Å²) in [5.74, 6) is 2.72. The maximum atomic E-state index is 5.67. The van der Waals surface area contributed by atoms with Gasteiger partial charge in [0, 0.05) is 11.7 Å². The second-order valence-corrected chi connectivity index (χ2v) is 6.69. The van der Waals surface area contributed by atoms with Gasteiger partial charge < -0.3 is 10.1 Å². The van der Waals surface area contributed by atoms with E-state index in [1.54, 1.807) is 0 Å². The second-order valence-electron chi connectivity index (χ2n) is 6.69. The van der Waals surface area contributed by atoms with Crippen LogP contribution in [0.5, 0.6) is 5.75 Å². The summed E-state index contributed by atoms with van der Waals surface area (Å²) in [6, 6.07) is 9.02. The fourth-order valence-corrected chi connectivity index (χ4v) is 3.07. The molecule has 0 heterocycles. The molecule has 2 rings (SSSR count). The summed E-state index contributed by atoms with van der Waals surface area (Å²) in [5.41, 5.74) is 1.22. The Labute approximate surface area is 123 Å². The van der Waals surface area contributed by atoms with Crippen molar-refractivity contribution < 1.29 is 4.74 Å². The predicted molar refractivity (Wildman–Crippen MR) is 86.4 cm³/mol. The summed E-state index contributed by atoms with van der Waals surface area (Å²) in [4.78, 5) is 0. The second kappa shape index (κ2) is 7.01. The van der Waals surface area contributed by atoms with Crippen LogP contribution in [-0.2, 0) is 0 Å². The van der Waals surface area contributed by atoms with Gasteiger partial charge in [-0.1, -0.05) is 13.8 Å². The van der Waals surface area contributed by atoms with Crippen LogP contribution >= 0.6 is 0 Å². The highest BCUT2D eigenvalue weighted by atomic mass is 16.5. The molecule has 112 valence electrons. The van der Waals surface area contributed by atoms with E-state index in [1.807, 2.05) is 0 Å². The summed E-state index contributed by atoms with van der Waals surface area (Å²) in [6.45, 7) is 8.82. The molecular formula is C18H29NO. The van der Waals surface area contributed by atoms with Crippen LogP contribution in [0.2, 0.25) is 0 Å². The van der Waals surface area contributed by atoms with E-state index in [9.17, 15) is 0 Å². The standard InChI is InChI=1S/C18H29NO/c1-13(2)15-5-7-16(8-6-15)19-17-9-11-18(12-10-17)20-14(3)4/h9-16,19H,5-8H2,1-4H3. The quantitative estimate of drug-likeness (QED) is 0.807. The molecule has 2 nitrogen and oxygen atoms in total. The highest BCUT2D eigenvalue weighted by molar-refractivity contribution is 5.47. The lowest BCUT2D eigenvalue weighted by Gasteiger charge is -2.31. The average Bonchev–Trinajstić information content (AvgIpc) is 2.41. The first-order valence-corrected chi connectivity index (χ1v) is 8.08. The molecule has 0 aromatic heterocycles. The van der Waals surface area contributed by atoms with Gasteiger partial charge in [0.25, 0.3) is 0 Å². The minimum Gasteiger partial charge on any atom is -0.491 e. The zero-order valence-electron chi connectivity index (χ0n) is 13.4. The minimum absolute atomic E-state index is 0.236. The van der Waals surface area contributed by atoms with E-state index < -0.39 is 0 Å². The minimum atomic E-state index is 0.236. The molecule has 1 saturated carbocycles. The van der Waals surface area contributed by atoms with Crippen molar-refractivity contribution in [1.82, 2.24) is 0 Å². The SMILES string of the molecule is CC(C)Oc1ccc(NC2CCC(C(C)C)CC2)cc1. The molecule has 0 unspecified atom stereocenters. The van der Waals surface area contributed by atoms with Crippen molar-refractivity contribution >= 4 is 5.69 Å². The van der Waals surface area contributed by atoms with E-state index >= 15 is 0 Å². The predicted octanol–water partition coefficient (Wildman–Crippen LogP) is 5.10. The largest absolute Gasteiger partial charge is 0.491 e. The molecule has 1 N–H and O–H groups in total. The summed E-state index contributed by atoms with van der Waals surface area (Å²) in [5, 5.41) is 3.67. The van der Waals surface area contributed by atoms with Crippen molar-refractivity contribution in [2.24, 2.45) is 11.8 Å². The Kier molecular flexibility index (Phi) is 5.33. The van der Waals surface area contributed by atoms with Crippen LogP contribution in [0.4, 0.5) is 5.69 Å². The Bertz CT molecular complexity index is 388. The topological polar surface area (TPSA) is 21.3 Å². The average molecular weight is 275 g/mol. The molecular weight excluding hydrogens is 246 g/mol. The number of rotatable bonds is 5. The molecule has 0 atom stereocenters. The van der Waals surface area contributed by atoms with Crippen LogP contribution < -0.4 is 10.1 Å². The van der Waals surface area contributed by atoms with Crippen molar-refractivity contribution in [3.8, 4) is 5.75 Å². The van der Waals surface area contributed by atoms with Crippen LogP contribution in [0.3, 0.4) is 0 Å². The summed E-state index contributed by atoms with van der Waals surface area (Å²) < 4.78 is 5.67. The molecule has 1 fully saturated rings. The molecule has 0 spiro atoms. The van der Waals surface area contributed by atoms with Gasteiger partial charge in [0.05, 0.1) is 6.10 Å². The first-order chi connectivity index (χ1) is 9.54. The Morgan fingerprint density at radius 3 is 2.05 bits per heavy atom. The van der Waals surface area contributed by atoms with Gasteiger partial charge in [-0.05, 0) is 75.6 Å². The molecule has 0 radical (unpaired) electrons. The Hall–Kier alpha value is -1.18.